The zero-order valence-corrected chi connectivity index (χ0v) is 11.8. The maximum atomic E-state index is 9.87. The number of aliphatic hydroxyl groups excluding tert-OH is 5. The number of rotatable bonds is 5. The molecule has 1 aliphatic heterocycles. The summed E-state index contributed by atoms with van der Waals surface area (Å²) in [6, 6.07) is 6.32. The average molecular weight is 315 g/mol. The van der Waals surface area contributed by atoms with Crippen LogP contribution in [-0.4, -0.2) is 69.4 Å². The van der Waals surface area contributed by atoms with Gasteiger partial charge in [-0.25, -0.2) is 0 Å². The van der Waals surface area contributed by atoms with Gasteiger partial charge in [0.1, 0.15) is 30.2 Å². The third-order valence-electron chi connectivity index (χ3n) is 3.59. The molecule has 0 saturated carbocycles. The van der Waals surface area contributed by atoms with Gasteiger partial charge in [-0.1, -0.05) is 12.1 Å². The predicted octanol–water partition coefficient (Wildman–Crippen LogP) is -2.14. The second-order valence-electron chi connectivity index (χ2n) is 5.14. The van der Waals surface area contributed by atoms with Crippen LogP contribution in [0.1, 0.15) is 11.7 Å². The number of hydrogen-bond acceptors (Lipinski definition) is 8. The first kappa shape index (κ1) is 17.1. The van der Waals surface area contributed by atoms with Gasteiger partial charge in [-0.05, 0) is 17.7 Å². The number of benzene rings is 1. The molecule has 0 aliphatic carbocycles. The van der Waals surface area contributed by atoms with Crippen molar-refractivity contribution in [2.24, 2.45) is 5.73 Å². The van der Waals surface area contributed by atoms with Crippen molar-refractivity contribution in [3.8, 4) is 5.75 Å². The van der Waals surface area contributed by atoms with Gasteiger partial charge in [0.05, 0.1) is 12.7 Å². The number of hydrogen-bond donors (Lipinski definition) is 6. The summed E-state index contributed by atoms with van der Waals surface area (Å²) in [5.74, 6) is 0.331. The Bertz CT molecular complexity index is 467. The van der Waals surface area contributed by atoms with Gasteiger partial charge in [0.25, 0.3) is 0 Å². The molecule has 0 radical (unpaired) electrons. The maximum Gasteiger partial charge on any atom is 0.229 e. The van der Waals surface area contributed by atoms with Crippen LogP contribution < -0.4 is 10.5 Å². The summed E-state index contributed by atoms with van der Waals surface area (Å²) >= 11 is 0. The summed E-state index contributed by atoms with van der Waals surface area (Å²) < 4.78 is 10.7. The van der Waals surface area contributed by atoms with Gasteiger partial charge in [-0.3, -0.25) is 0 Å². The topological polar surface area (TPSA) is 146 Å². The van der Waals surface area contributed by atoms with Crippen molar-refractivity contribution in [2.75, 3.05) is 13.2 Å². The Balaban J connectivity index is 2.05. The highest BCUT2D eigenvalue weighted by molar-refractivity contribution is 5.28. The molecule has 1 aromatic rings. The van der Waals surface area contributed by atoms with Crippen LogP contribution in [0.2, 0.25) is 0 Å². The fourth-order valence-electron chi connectivity index (χ4n) is 2.20. The van der Waals surface area contributed by atoms with Crippen LogP contribution in [0.5, 0.6) is 5.75 Å². The van der Waals surface area contributed by atoms with Gasteiger partial charge in [0, 0.05) is 6.54 Å². The highest BCUT2D eigenvalue weighted by Crippen LogP contribution is 2.25. The second-order valence-corrected chi connectivity index (χ2v) is 5.14. The maximum absolute atomic E-state index is 9.87. The highest BCUT2D eigenvalue weighted by atomic mass is 16.7. The fraction of sp³-hybridized carbons (Fsp3) is 0.571. The standard InChI is InChI=1S/C14H21NO7/c15-5-9(17)7-1-3-8(4-2-7)21-14-13(20)12(19)11(18)10(6-16)22-14/h1-4,9-14,16-20H,5-6,15H2/t9?,10-,11-,12+,13-,14-/m1/s1. The molecule has 8 nitrogen and oxygen atoms in total. The zero-order chi connectivity index (χ0) is 16.3. The van der Waals surface area contributed by atoms with Gasteiger partial charge < -0.3 is 40.7 Å². The van der Waals surface area contributed by atoms with E-state index >= 15 is 0 Å². The Morgan fingerprint density at radius 1 is 1.09 bits per heavy atom. The second kappa shape index (κ2) is 7.34. The van der Waals surface area contributed by atoms with Crippen molar-refractivity contribution >= 4 is 0 Å². The van der Waals surface area contributed by atoms with Gasteiger partial charge in [0.15, 0.2) is 0 Å². The molecule has 0 amide bonds. The van der Waals surface area contributed by atoms with Crippen LogP contribution >= 0.6 is 0 Å². The summed E-state index contributed by atoms with van der Waals surface area (Å²) in [6.07, 6.45) is -7.42. The van der Waals surface area contributed by atoms with E-state index in [1.807, 2.05) is 0 Å². The highest BCUT2D eigenvalue weighted by Gasteiger charge is 2.44. The predicted molar refractivity (Wildman–Crippen MR) is 74.9 cm³/mol. The van der Waals surface area contributed by atoms with Gasteiger partial charge in [-0.2, -0.15) is 0 Å². The molecule has 1 unspecified atom stereocenters. The molecule has 0 bridgehead atoms. The van der Waals surface area contributed by atoms with E-state index in [-0.39, 0.29) is 6.54 Å². The van der Waals surface area contributed by atoms with E-state index < -0.39 is 43.4 Å². The summed E-state index contributed by atoms with van der Waals surface area (Å²) in [5.41, 5.74) is 5.97. The Morgan fingerprint density at radius 3 is 2.27 bits per heavy atom. The van der Waals surface area contributed by atoms with Crippen LogP contribution in [0.15, 0.2) is 24.3 Å². The van der Waals surface area contributed by atoms with E-state index in [1.54, 1.807) is 24.3 Å². The molecular weight excluding hydrogens is 294 g/mol. The summed E-state index contributed by atoms with van der Waals surface area (Å²) in [5, 5.41) is 47.9. The minimum atomic E-state index is -1.49. The molecule has 2 rings (SSSR count). The molecule has 7 N–H and O–H groups in total. The lowest BCUT2D eigenvalue weighted by atomic mass is 9.99. The Labute approximate surface area is 127 Å². The fourth-order valence-corrected chi connectivity index (χ4v) is 2.20. The molecule has 1 fully saturated rings. The van der Waals surface area contributed by atoms with Gasteiger partial charge >= 0.3 is 0 Å². The van der Waals surface area contributed by atoms with Crippen molar-refractivity contribution < 1.29 is 35.0 Å². The lowest BCUT2D eigenvalue weighted by molar-refractivity contribution is -0.277. The molecule has 0 aromatic heterocycles. The largest absolute Gasteiger partial charge is 0.462 e. The van der Waals surface area contributed by atoms with Crippen molar-refractivity contribution in [1.82, 2.24) is 0 Å². The third-order valence-corrected chi connectivity index (χ3v) is 3.59. The van der Waals surface area contributed by atoms with Crippen LogP contribution in [0, 0.1) is 0 Å². The Kier molecular flexibility index (Phi) is 5.70. The summed E-state index contributed by atoms with van der Waals surface area (Å²) in [7, 11) is 0. The lowest BCUT2D eigenvalue weighted by Gasteiger charge is -2.39. The van der Waals surface area contributed by atoms with E-state index in [9.17, 15) is 20.4 Å². The molecule has 1 saturated heterocycles. The van der Waals surface area contributed by atoms with E-state index in [0.29, 0.717) is 11.3 Å². The molecule has 1 aromatic carbocycles. The monoisotopic (exact) mass is 315 g/mol. The molecule has 1 heterocycles. The third kappa shape index (κ3) is 3.55. The van der Waals surface area contributed by atoms with Crippen LogP contribution in [0.3, 0.4) is 0 Å². The molecule has 6 atom stereocenters. The Morgan fingerprint density at radius 2 is 1.73 bits per heavy atom. The lowest BCUT2D eigenvalue weighted by Crippen LogP contribution is -2.60. The molecular formula is C14H21NO7. The first-order valence-electron chi connectivity index (χ1n) is 6.93. The van der Waals surface area contributed by atoms with Gasteiger partial charge in [-0.15, -0.1) is 0 Å². The molecule has 22 heavy (non-hydrogen) atoms. The van der Waals surface area contributed by atoms with Crippen molar-refractivity contribution in [1.29, 1.82) is 0 Å². The van der Waals surface area contributed by atoms with E-state index in [4.69, 9.17) is 20.3 Å². The summed E-state index contributed by atoms with van der Waals surface area (Å²) in [4.78, 5) is 0. The van der Waals surface area contributed by atoms with E-state index in [1.165, 1.54) is 0 Å². The zero-order valence-electron chi connectivity index (χ0n) is 11.8. The molecule has 0 spiro atoms. The molecule has 124 valence electrons. The van der Waals surface area contributed by atoms with E-state index in [2.05, 4.69) is 0 Å². The number of aliphatic hydroxyl groups is 5. The minimum absolute atomic E-state index is 0.0902. The summed E-state index contributed by atoms with van der Waals surface area (Å²) in [6.45, 7) is -0.431. The first-order chi connectivity index (χ1) is 10.5. The van der Waals surface area contributed by atoms with Crippen LogP contribution in [-0.2, 0) is 4.74 Å². The van der Waals surface area contributed by atoms with Crippen molar-refractivity contribution in [2.45, 2.75) is 36.8 Å². The van der Waals surface area contributed by atoms with Crippen LogP contribution in [0.4, 0.5) is 0 Å². The smallest absolute Gasteiger partial charge is 0.229 e. The minimum Gasteiger partial charge on any atom is -0.462 e. The number of ether oxygens (including phenoxy) is 2. The average Bonchev–Trinajstić information content (AvgIpc) is 2.55. The van der Waals surface area contributed by atoms with Crippen molar-refractivity contribution in [3.05, 3.63) is 29.8 Å². The Hall–Kier alpha value is -1.26. The first-order valence-corrected chi connectivity index (χ1v) is 6.93. The van der Waals surface area contributed by atoms with Gasteiger partial charge in [0.2, 0.25) is 6.29 Å². The quantitative estimate of drug-likeness (QED) is 0.361. The van der Waals surface area contributed by atoms with Crippen molar-refractivity contribution in [3.63, 3.8) is 0 Å². The normalized spacial score (nSPS) is 33.5. The molecule has 8 heteroatoms. The SMILES string of the molecule is NCC(O)c1ccc(O[C@@H]2O[C@H](CO)[C@@H](O)[C@H](O)[C@H]2O)cc1. The molecule has 1 aliphatic rings. The number of nitrogens with two attached hydrogens (primary N) is 1. The van der Waals surface area contributed by atoms with Crippen LogP contribution in [0.25, 0.3) is 0 Å². The van der Waals surface area contributed by atoms with E-state index in [0.717, 1.165) is 0 Å².